The summed E-state index contributed by atoms with van der Waals surface area (Å²) in [7, 11) is 0. The van der Waals surface area contributed by atoms with Gasteiger partial charge in [-0.05, 0) is 62.4 Å². The summed E-state index contributed by atoms with van der Waals surface area (Å²) in [4.78, 5) is 14.5. The van der Waals surface area contributed by atoms with Crippen molar-refractivity contribution in [2.75, 3.05) is 31.6 Å². The Morgan fingerprint density at radius 2 is 1.84 bits per heavy atom. The lowest BCUT2D eigenvalue weighted by molar-refractivity contribution is 0.0232. The minimum absolute atomic E-state index is 0.171. The van der Waals surface area contributed by atoms with Crippen LogP contribution in [0.1, 0.15) is 44.5 Å². The number of nitrogens with zero attached hydrogens (tertiary/aromatic N) is 4. The Hall–Kier alpha value is -1.93. The maximum atomic E-state index is 6.22. The van der Waals surface area contributed by atoms with Gasteiger partial charge in [-0.2, -0.15) is 0 Å². The lowest BCUT2D eigenvalue weighted by atomic mass is 9.79. The number of piperidine rings is 1. The van der Waals surface area contributed by atoms with Crippen molar-refractivity contribution >= 4 is 46.0 Å². The second-order valence-electron chi connectivity index (χ2n) is 9.16. The van der Waals surface area contributed by atoms with Gasteiger partial charge < -0.3 is 15.4 Å². The third-order valence-corrected chi connectivity index (χ3v) is 7.00. The molecule has 1 aromatic carbocycles. The molecule has 0 saturated carbocycles. The molecule has 4 heterocycles. The van der Waals surface area contributed by atoms with Gasteiger partial charge in [-0.3, -0.25) is 4.57 Å². The molecule has 2 aromatic heterocycles. The van der Waals surface area contributed by atoms with E-state index in [0.717, 1.165) is 87.0 Å². The standard InChI is InChI=1S/C23H28Cl2N6O/c1-23(4-8-32-9-5-23)13-20-27-14-19-21(30-20)31(18-2-6-26-7-3-18)22(29-19)28-17-11-15(24)10-16(25)12-17/h10-12,14,18,26H,2-9,13H2,1H3,(H,28,29). The van der Waals surface area contributed by atoms with Crippen molar-refractivity contribution in [1.29, 1.82) is 0 Å². The Labute approximate surface area is 197 Å². The number of rotatable bonds is 5. The number of anilines is 2. The molecule has 0 unspecified atom stereocenters. The summed E-state index contributed by atoms with van der Waals surface area (Å²) in [5.74, 6) is 1.61. The van der Waals surface area contributed by atoms with Crippen LogP contribution in [0, 0.1) is 5.41 Å². The number of aromatic nitrogens is 4. The number of fused-ring (bicyclic) bond motifs is 1. The number of imidazole rings is 1. The van der Waals surface area contributed by atoms with Crippen LogP contribution >= 0.6 is 23.2 Å². The summed E-state index contributed by atoms with van der Waals surface area (Å²) in [6.07, 6.45) is 6.80. The van der Waals surface area contributed by atoms with Gasteiger partial charge in [0.2, 0.25) is 5.95 Å². The summed E-state index contributed by atoms with van der Waals surface area (Å²) in [6, 6.07) is 5.73. The highest BCUT2D eigenvalue weighted by atomic mass is 35.5. The molecule has 0 bridgehead atoms. The van der Waals surface area contributed by atoms with Gasteiger partial charge in [0.05, 0.1) is 6.20 Å². The SMILES string of the molecule is CC1(Cc2ncc3nc(Nc4cc(Cl)cc(Cl)c4)n(C4CCNCC4)c3n2)CCOCC1. The fourth-order valence-corrected chi connectivity index (χ4v) is 5.21. The van der Waals surface area contributed by atoms with E-state index in [1.807, 2.05) is 18.3 Å². The number of ether oxygens (including phenoxy) is 1. The van der Waals surface area contributed by atoms with Gasteiger partial charge in [-0.15, -0.1) is 0 Å². The Balaban J connectivity index is 1.53. The van der Waals surface area contributed by atoms with Crippen LogP contribution in [0.4, 0.5) is 11.6 Å². The third-order valence-electron chi connectivity index (χ3n) is 6.56. The fourth-order valence-electron chi connectivity index (χ4n) is 4.69. The first-order valence-electron chi connectivity index (χ1n) is 11.2. The molecule has 7 nitrogen and oxygen atoms in total. The lowest BCUT2D eigenvalue weighted by Gasteiger charge is -2.32. The Kier molecular flexibility index (Phi) is 6.25. The zero-order valence-electron chi connectivity index (χ0n) is 18.2. The predicted molar refractivity (Wildman–Crippen MR) is 128 cm³/mol. The molecule has 2 N–H and O–H groups in total. The first kappa shape index (κ1) is 21.9. The first-order chi connectivity index (χ1) is 15.5. The van der Waals surface area contributed by atoms with Crippen molar-refractivity contribution in [3.05, 3.63) is 40.3 Å². The molecule has 2 aliphatic rings. The number of hydrogen-bond acceptors (Lipinski definition) is 6. The maximum absolute atomic E-state index is 6.22. The number of halogens is 2. The van der Waals surface area contributed by atoms with Crippen LogP contribution < -0.4 is 10.6 Å². The molecule has 0 amide bonds. The van der Waals surface area contributed by atoms with Gasteiger partial charge in [-0.1, -0.05) is 30.1 Å². The third kappa shape index (κ3) is 4.71. The van der Waals surface area contributed by atoms with E-state index in [1.54, 1.807) is 6.07 Å². The minimum atomic E-state index is 0.171. The van der Waals surface area contributed by atoms with Crippen LogP contribution in [0.25, 0.3) is 11.2 Å². The van der Waals surface area contributed by atoms with Crippen molar-refractivity contribution in [3.8, 4) is 0 Å². The van der Waals surface area contributed by atoms with E-state index >= 15 is 0 Å². The van der Waals surface area contributed by atoms with Crippen molar-refractivity contribution in [1.82, 2.24) is 24.8 Å². The van der Waals surface area contributed by atoms with Crippen molar-refractivity contribution in [2.45, 2.75) is 45.1 Å². The van der Waals surface area contributed by atoms with Crippen LogP contribution in [-0.4, -0.2) is 45.8 Å². The molecule has 2 aliphatic heterocycles. The summed E-state index contributed by atoms with van der Waals surface area (Å²) < 4.78 is 7.80. The summed E-state index contributed by atoms with van der Waals surface area (Å²) in [5.41, 5.74) is 2.65. The van der Waals surface area contributed by atoms with Crippen LogP contribution in [0.15, 0.2) is 24.4 Å². The lowest BCUT2D eigenvalue weighted by Crippen LogP contribution is -2.30. The van der Waals surface area contributed by atoms with Crippen molar-refractivity contribution in [3.63, 3.8) is 0 Å². The first-order valence-corrected chi connectivity index (χ1v) is 12.0. The molecule has 2 fully saturated rings. The Morgan fingerprint density at radius 1 is 1.12 bits per heavy atom. The van der Waals surface area contributed by atoms with Gasteiger partial charge in [-0.25, -0.2) is 15.0 Å². The summed E-state index contributed by atoms with van der Waals surface area (Å²) in [6.45, 7) is 5.87. The number of nitrogens with one attached hydrogen (secondary N) is 2. The molecule has 2 saturated heterocycles. The van der Waals surface area contributed by atoms with E-state index in [4.69, 9.17) is 37.9 Å². The zero-order chi connectivity index (χ0) is 22.1. The van der Waals surface area contributed by atoms with Crippen molar-refractivity contribution in [2.24, 2.45) is 5.41 Å². The van der Waals surface area contributed by atoms with Crippen LogP contribution in [-0.2, 0) is 11.2 Å². The van der Waals surface area contributed by atoms with Crippen LogP contribution in [0.2, 0.25) is 10.0 Å². The molecular weight excluding hydrogens is 447 g/mol. The van der Waals surface area contributed by atoms with Gasteiger partial charge in [0.15, 0.2) is 5.65 Å². The average molecular weight is 475 g/mol. The highest BCUT2D eigenvalue weighted by molar-refractivity contribution is 6.35. The van der Waals surface area contributed by atoms with Gasteiger partial charge in [0.1, 0.15) is 11.3 Å². The highest BCUT2D eigenvalue weighted by Crippen LogP contribution is 2.35. The topological polar surface area (TPSA) is 76.9 Å². The molecule has 5 rings (SSSR count). The van der Waals surface area contributed by atoms with Gasteiger partial charge in [0.25, 0.3) is 0 Å². The van der Waals surface area contributed by atoms with Gasteiger partial charge >= 0.3 is 0 Å². The fraction of sp³-hybridized carbons (Fsp3) is 0.522. The van der Waals surface area contributed by atoms with Crippen LogP contribution in [0.5, 0.6) is 0 Å². The molecule has 0 spiro atoms. The molecule has 0 atom stereocenters. The molecule has 0 aliphatic carbocycles. The second-order valence-corrected chi connectivity index (χ2v) is 10.0. The van der Waals surface area contributed by atoms with Gasteiger partial charge in [0, 0.05) is 41.4 Å². The molecule has 32 heavy (non-hydrogen) atoms. The minimum Gasteiger partial charge on any atom is -0.381 e. The van der Waals surface area contributed by atoms with E-state index in [-0.39, 0.29) is 5.41 Å². The Bertz CT molecular complexity index is 1090. The van der Waals surface area contributed by atoms with E-state index in [0.29, 0.717) is 16.1 Å². The van der Waals surface area contributed by atoms with E-state index in [9.17, 15) is 0 Å². The Morgan fingerprint density at radius 3 is 2.56 bits per heavy atom. The molecule has 9 heteroatoms. The van der Waals surface area contributed by atoms with E-state index in [1.165, 1.54) is 0 Å². The number of hydrogen-bond donors (Lipinski definition) is 2. The summed E-state index contributed by atoms with van der Waals surface area (Å²) in [5, 5.41) is 8.03. The summed E-state index contributed by atoms with van der Waals surface area (Å²) >= 11 is 12.4. The van der Waals surface area contributed by atoms with Crippen molar-refractivity contribution < 1.29 is 4.74 Å². The highest BCUT2D eigenvalue weighted by Gasteiger charge is 2.30. The normalized spacial score (nSPS) is 19.3. The monoisotopic (exact) mass is 474 g/mol. The smallest absolute Gasteiger partial charge is 0.209 e. The zero-order valence-corrected chi connectivity index (χ0v) is 19.7. The molecule has 170 valence electrons. The number of benzene rings is 1. The van der Waals surface area contributed by atoms with Crippen LogP contribution in [0.3, 0.4) is 0 Å². The quantitative estimate of drug-likeness (QED) is 0.531. The average Bonchev–Trinajstić information content (AvgIpc) is 3.11. The molecular formula is C23H28Cl2N6O. The molecule has 0 radical (unpaired) electrons. The largest absolute Gasteiger partial charge is 0.381 e. The predicted octanol–water partition coefficient (Wildman–Crippen LogP) is 5.16. The second kappa shape index (κ2) is 9.14. The molecule has 3 aromatic rings. The maximum Gasteiger partial charge on any atom is 0.209 e. The van der Waals surface area contributed by atoms with E-state index in [2.05, 4.69) is 27.1 Å². The van der Waals surface area contributed by atoms with E-state index < -0.39 is 0 Å².